The van der Waals surface area contributed by atoms with Gasteiger partial charge in [0.15, 0.2) is 0 Å². The molecule has 0 radical (unpaired) electrons. The second-order valence-corrected chi connectivity index (χ2v) is 6.20. The molecule has 1 unspecified atom stereocenters. The molecule has 0 heterocycles. The van der Waals surface area contributed by atoms with Gasteiger partial charge in [0.05, 0.1) is 0 Å². The van der Waals surface area contributed by atoms with Crippen molar-refractivity contribution >= 4 is 11.4 Å². The van der Waals surface area contributed by atoms with Crippen molar-refractivity contribution in [2.45, 2.75) is 46.5 Å². The molecule has 0 aliphatic carbocycles. The number of rotatable bonds is 8. The molecule has 0 saturated carbocycles. The van der Waals surface area contributed by atoms with Crippen LogP contribution in [0.1, 0.15) is 45.1 Å². The molecule has 1 atom stereocenters. The van der Waals surface area contributed by atoms with Crippen LogP contribution < -0.4 is 4.90 Å². The van der Waals surface area contributed by atoms with Gasteiger partial charge in [-0.05, 0) is 49.1 Å². The second kappa shape index (κ2) is 8.63. The fraction of sp³-hybridized carbons (Fsp3) is 0.429. The van der Waals surface area contributed by atoms with Crippen LogP contribution >= 0.6 is 0 Å². The maximum absolute atomic E-state index is 2.48. The Labute approximate surface area is 136 Å². The van der Waals surface area contributed by atoms with Crippen molar-refractivity contribution in [2.75, 3.05) is 11.4 Å². The van der Waals surface area contributed by atoms with E-state index >= 15 is 0 Å². The molecule has 118 valence electrons. The van der Waals surface area contributed by atoms with E-state index in [2.05, 4.69) is 80.3 Å². The molecule has 0 aromatic heterocycles. The minimum absolute atomic E-state index is 0.751. The largest absolute Gasteiger partial charge is 0.341 e. The number of hydrogen-bond acceptors (Lipinski definition) is 1. The summed E-state index contributed by atoms with van der Waals surface area (Å²) in [5.41, 5.74) is 3.92. The lowest BCUT2D eigenvalue weighted by Crippen LogP contribution is -2.25. The first-order chi connectivity index (χ1) is 10.7. The normalized spacial score (nSPS) is 12.1. The van der Waals surface area contributed by atoms with Gasteiger partial charge in [0.2, 0.25) is 0 Å². The molecule has 0 spiro atoms. The zero-order valence-electron chi connectivity index (χ0n) is 14.3. The van der Waals surface area contributed by atoms with Gasteiger partial charge in [0.25, 0.3) is 0 Å². The Morgan fingerprint density at radius 1 is 0.909 bits per heavy atom. The number of nitrogens with zero attached hydrogens (tertiary/aromatic N) is 1. The van der Waals surface area contributed by atoms with Crippen molar-refractivity contribution in [1.29, 1.82) is 0 Å². The quantitative estimate of drug-likeness (QED) is 0.548. The summed E-state index contributed by atoms with van der Waals surface area (Å²) in [6.07, 6.45) is 5.18. The van der Waals surface area contributed by atoms with Gasteiger partial charge >= 0.3 is 0 Å². The monoisotopic (exact) mass is 295 g/mol. The average molecular weight is 295 g/mol. The zero-order chi connectivity index (χ0) is 15.8. The van der Waals surface area contributed by atoms with E-state index in [0.29, 0.717) is 0 Å². The Morgan fingerprint density at radius 2 is 1.64 bits per heavy atom. The van der Waals surface area contributed by atoms with E-state index in [1.807, 2.05) is 0 Å². The Morgan fingerprint density at radius 3 is 2.27 bits per heavy atom. The minimum atomic E-state index is 0.751. The summed E-state index contributed by atoms with van der Waals surface area (Å²) >= 11 is 0. The van der Waals surface area contributed by atoms with Crippen LogP contribution in [0.3, 0.4) is 0 Å². The highest BCUT2D eigenvalue weighted by Crippen LogP contribution is 2.28. The van der Waals surface area contributed by atoms with E-state index in [1.165, 1.54) is 42.6 Å². The minimum Gasteiger partial charge on any atom is -0.341 e. The van der Waals surface area contributed by atoms with Crippen LogP contribution in [0, 0.1) is 12.8 Å². The Bertz CT molecular complexity index is 547. The molecule has 0 N–H and O–H groups in total. The molecule has 0 aliphatic heterocycles. The van der Waals surface area contributed by atoms with Crippen LogP contribution in [0.15, 0.2) is 54.6 Å². The first kappa shape index (κ1) is 16.6. The molecule has 2 aromatic carbocycles. The number of para-hydroxylation sites is 1. The van der Waals surface area contributed by atoms with Crippen molar-refractivity contribution in [3.63, 3.8) is 0 Å². The topological polar surface area (TPSA) is 3.24 Å². The third-order valence-corrected chi connectivity index (χ3v) is 4.37. The summed E-state index contributed by atoms with van der Waals surface area (Å²) in [5.74, 6) is 0.751. The highest BCUT2D eigenvalue weighted by Gasteiger charge is 2.15. The van der Waals surface area contributed by atoms with Gasteiger partial charge in [-0.2, -0.15) is 0 Å². The molecular weight excluding hydrogens is 266 g/mol. The lowest BCUT2D eigenvalue weighted by molar-refractivity contribution is 0.458. The van der Waals surface area contributed by atoms with E-state index in [9.17, 15) is 0 Å². The first-order valence-electron chi connectivity index (χ1n) is 8.63. The van der Waals surface area contributed by atoms with Crippen molar-refractivity contribution in [3.8, 4) is 0 Å². The smallest absolute Gasteiger partial charge is 0.0413 e. The zero-order valence-corrected chi connectivity index (χ0v) is 14.3. The number of unbranched alkanes of at least 4 members (excludes halogenated alkanes) is 1. The van der Waals surface area contributed by atoms with E-state index in [0.717, 1.165) is 12.5 Å². The van der Waals surface area contributed by atoms with Gasteiger partial charge in [0.1, 0.15) is 0 Å². The van der Waals surface area contributed by atoms with Crippen LogP contribution in [0.4, 0.5) is 11.4 Å². The van der Waals surface area contributed by atoms with Gasteiger partial charge in [-0.25, -0.2) is 0 Å². The molecule has 0 bridgehead atoms. The van der Waals surface area contributed by atoms with Crippen molar-refractivity contribution < 1.29 is 0 Å². The van der Waals surface area contributed by atoms with Gasteiger partial charge in [-0.15, -0.1) is 0 Å². The summed E-state index contributed by atoms with van der Waals surface area (Å²) in [6.45, 7) is 7.87. The van der Waals surface area contributed by atoms with Gasteiger partial charge in [-0.1, -0.05) is 63.4 Å². The summed E-state index contributed by atoms with van der Waals surface area (Å²) in [5, 5.41) is 0. The maximum Gasteiger partial charge on any atom is 0.0413 e. The molecule has 22 heavy (non-hydrogen) atoms. The van der Waals surface area contributed by atoms with Crippen molar-refractivity contribution in [3.05, 3.63) is 60.2 Å². The van der Waals surface area contributed by atoms with Crippen LogP contribution in [0.2, 0.25) is 0 Å². The Kier molecular flexibility index (Phi) is 6.51. The standard InChI is InChI=1S/C21H29N/c1-4-6-12-19(5-2)17-22(20-13-8-7-9-14-20)21-15-10-11-18(3)16-21/h7-11,13-16,19H,4-6,12,17H2,1-3H3. The fourth-order valence-electron chi connectivity index (χ4n) is 2.94. The van der Waals surface area contributed by atoms with Crippen molar-refractivity contribution in [1.82, 2.24) is 0 Å². The van der Waals surface area contributed by atoms with Crippen LogP contribution in [-0.2, 0) is 0 Å². The maximum atomic E-state index is 2.48. The first-order valence-corrected chi connectivity index (χ1v) is 8.63. The van der Waals surface area contributed by atoms with E-state index < -0.39 is 0 Å². The van der Waals surface area contributed by atoms with Crippen LogP contribution in [0.5, 0.6) is 0 Å². The molecular formula is C21H29N. The summed E-state index contributed by atoms with van der Waals surface area (Å²) in [7, 11) is 0. The fourth-order valence-corrected chi connectivity index (χ4v) is 2.94. The average Bonchev–Trinajstić information content (AvgIpc) is 2.56. The predicted molar refractivity (Wildman–Crippen MR) is 97.9 cm³/mol. The van der Waals surface area contributed by atoms with Gasteiger partial charge in [0, 0.05) is 17.9 Å². The summed E-state index contributed by atoms with van der Waals surface area (Å²) in [6, 6.07) is 19.6. The predicted octanol–water partition coefficient (Wildman–Crippen LogP) is 6.35. The summed E-state index contributed by atoms with van der Waals surface area (Å²) < 4.78 is 0. The van der Waals surface area contributed by atoms with E-state index in [1.54, 1.807) is 0 Å². The lowest BCUT2D eigenvalue weighted by Gasteiger charge is -2.29. The molecule has 1 nitrogen and oxygen atoms in total. The molecule has 2 rings (SSSR count). The van der Waals surface area contributed by atoms with E-state index in [-0.39, 0.29) is 0 Å². The van der Waals surface area contributed by atoms with Gasteiger partial charge in [-0.3, -0.25) is 0 Å². The highest BCUT2D eigenvalue weighted by molar-refractivity contribution is 5.63. The third kappa shape index (κ3) is 4.62. The van der Waals surface area contributed by atoms with Crippen LogP contribution in [-0.4, -0.2) is 6.54 Å². The molecule has 1 heteroatoms. The number of anilines is 2. The van der Waals surface area contributed by atoms with Crippen LogP contribution in [0.25, 0.3) is 0 Å². The SMILES string of the molecule is CCCCC(CC)CN(c1ccccc1)c1cccc(C)c1. The number of aryl methyl sites for hydroxylation is 1. The number of hydrogen-bond donors (Lipinski definition) is 0. The molecule has 2 aromatic rings. The molecule has 0 aliphatic rings. The van der Waals surface area contributed by atoms with E-state index in [4.69, 9.17) is 0 Å². The second-order valence-electron chi connectivity index (χ2n) is 6.20. The Balaban J connectivity index is 2.25. The molecule has 0 saturated heterocycles. The summed E-state index contributed by atoms with van der Waals surface area (Å²) in [4.78, 5) is 2.48. The number of benzene rings is 2. The Hall–Kier alpha value is -1.76. The van der Waals surface area contributed by atoms with Crippen molar-refractivity contribution in [2.24, 2.45) is 5.92 Å². The molecule has 0 amide bonds. The highest BCUT2D eigenvalue weighted by atomic mass is 15.1. The lowest BCUT2D eigenvalue weighted by atomic mass is 9.98. The third-order valence-electron chi connectivity index (χ3n) is 4.37. The van der Waals surface area contributed by atoms with Gasteiger partial charge < -0.3 is 4.90 Å². The molecule has 0 fully saturated rings.